The van der Waals surface area contributed by atoms with E-state index in [1.165, 1.54) is 4.57 Å². The molecule has 6 heteroatoms. The summed E-state index contributed by atoms with van der Waals surface area (Å²) in [5.74, 6) is 0.637. The van der Waals surface area contributed by atoms with E-state index in [0.29, 0.717) is 5.92 Å². The molecule has 1 aliphatic rings. The van der Waals surface area contributed by atoms with Crippen LogP contribution in [0, 0.1) is 12.3 Å². The minimum Gasteiger partial charge on any atom is -0.389 e. The molecule has 3 atom stereocenters. The van der Waals surface area contributed by atoms with E-state index >= 15 is 0 Å². The third-order valence-corrected chi connectivity index (χ3v) is 3.20. The zero-order valence-electron chi connectivity index (χ0n) is 10.7. The molecule has 0 bridgehead atoms. The van der Waals surface area contributed by atoms with Gasteiger partial charge >= 0.3 is 5.69 Å². The quantitative estimate of drug-likeness (QED) is 0.852. The Labute approximate surface area is 132 Å². The number of hydrogen-bond donors (Lipinski definition) is 1. The maximum atomic E-state index is 11.7. The van der Waals surface area contributed by atoms with E-state index in [1.807, 2.05) is 0 Å². The van der Waals surface area contributed by atoms with Gasteiger partial charge in [-0.3, -0.25) is 6.42 Å². The molecule has 2 N–H and O–H groups in total. The summed E-state index contributed by atoms with van der Waals surface area (Å²) in [6, 6.07) is 1.61. The Kier molecular flexibility index (Phi) is 5.95. The predicted molar refractivity (Wildman–Crippen MR) is 65.2 cm³/mol. The third-order valence-electron chi connectivity index (χ3n) is 3.20. The van der Waals surface area contributed by atoms with Gasteiger partial charge in [0.2, 0.25) is 0 Å². The van der Waals surface area contributed by atoms with Crippen LogP contribution in [0.5, 0.6) is 0 Å². The van der Waals surface area contributed by atoms with Gasteiger partial charge in [0.05, 0.1) is 0 Å². The first-order chi connectivity index (χ1) is 8.15. The Hall–Kier alpha value is -0.256. The fourth-order valence-electron chi connectivity index (χ4n) is 2.24. The van der Waals surface area contributed by atoms with Gasteiger partial charge in [-0.05, 0) is 12.5 Å². The summed E-state index contributed by atoms with van der Waals surface area (Å²) in [6.07, 6.45) is 5.55. The summed E-state index contributed by atoms with van der Waals surface area (Å²) < 4.78 is 7.33. The van der Waals surface area contributed by atoms with Gasteiger partial charge in [-0.25, -0.2) is 4.79 Å². The summed E-state index contributed by atoms with van der Waals surface area (Å²) in [4.78, 5) is 15.4. The molecule has 0 unspecified atom stereocenters. The number of nitrogens with two attached hydrogens (primary N) is 1. The molecule has 1 saturated heterocycles. The van der Waals surface area contributed by atoms with E-state index in [0.717, 1.165) is 12.8 Å². The Morgan fingerprint density at radius 3 is 2.72 bits per heavy atom. The summed E-state index contributed by atoms with van der Waals surface area (Å²) in [5, 5.41) is 0. The number of ether oxygens (including phenoxy) is 1. The first kappa shape index (κ1) is 15.8. The van der Waals surface area contributed by atoms with Crippen molar-refractivity contribution in [2.24, 2.45) is 5.92 Å². The average Bonchev–Trinajstić information content (AvgIpc) is 2.72. The van der Waals surface area contributed by atoms with E-state index in [4.69, 9.17) is 10.5 Å². The standard InChI is InChI=1S/C12H18N3O2.Y/c1-3-8-7-11(17-9(8)4-2)15-6-5-10(13)14-12(15)16;/h5-9,11H,3-4H2,1-2H3,(H2,13,14,16);/q-1;/t8-,9-,11-;/m1./s1. The Morgan fingerprint density at radius 1 is 1.50 bits per heavy atom. The Morgan fingerprint density at radius 2 is 2.22 bits per heavy atom. The molecule has 2 heterocycles. The average molecular weight is 325 g/mol. The molecule has 97 valence electrons. The summed E-state index contributed by atoms with van der Waals surface area (Å²) in [6.45, 7) is 4.22. The molecule has 5 nitrogen and oxygen atoms in total. The molecular weight excluding hydrogens is 307 g/mol. The van der Waals surface area contributed by atoms with Gasteiger partial charge in [0.25, 0.3) is 0 Å². The van der Waals surface area contributed by atoms with Crippen molar-refractivity contribution in [3.05, 3.63) is 29.2 Å². The molecule has 0 saturated carbocycles. The van der Waals surface area contributed by atoms with Crippen LogP contribution in [0.15, 0.2) is 17.1 Å². The third kappa shape index (κ3) is 3.19. The van der Waals surface area contributed by atoms with Gasteiger partial charge in [-0.15, -0.1) is 5.92 Å². The number of hydrogen-bond acceptors (Lipinski definition) is 4. The van der Waals surface area contributed by atoms with Crippen LogP contribution in [0.1, 0.15) is 32.9 Å². The summed E-state index contributed by atoms with van der Waals surface area (Å²) >= 11 is 0. The predicted octanol–water partition coefficient (Wildman–Crippen LogP) is 1.36. The number of aromatic nitrogens is 2. The smallest absolute Gasteiger partial charge is 0.349 e. The fraction of sp³-hybridized carbons (Fsp3) is 0.583. The van der Waals surface area contributed by atoms with Crippen molar-refractivity contribution in [3.63, 3.8) is 0 Å². The Balaban J connectivity index is 0.00000162. The van der Waals surface area contributed by atoms with E-state index in [1.54, 1.807) is 12.3 Å². The summed E-state index contributed by atoms with van der Waals surface area (Å²) in [7, 11) is 0. The van der Waals surface area contributed by atoms with E-state index < -0.39 is 0 Å². The van der Waals surface area contributed by atoms with Crippen molar-refractivity contribution in [2.45, 2.75) is 39.0 Å². The van der Waals surface area contributed by atoms with Crippen molar-refractivity contribution in [3.8, 4) is 0 Å². The van der Waals surface area contributed by atoms with Crippen molar-refractivity contribution in [2.75, 3.05) is 5.73 Å². The molecule has 1 fully saturated rings. The van der Waals surface area contributed by atoms with Crippen LogP contribution in [0.4, 0.5) is 5.82 Å². The van der Waals surface area contributed by atoms with Crippen molar-refractivity contribution in [1.82, 2.24) is 9.55 Å². The SMILES string of the molecule is CC[C@@H]1[CH-][C@H](n2ccc(N)nc2=O)O[C@@H]1CC.[Y]. The number of nitrogen functional groups attached to an aromatic ring is 1. The first-order valence-corrected chi connectivity index (χ1v) is 6.00. The van der Waals surface area contributed by atoms with Crippen molar-refractivity contribution >= 4 is 5.82 Å². The molecule has 1 aromatic heterocycles. The van der Waals surface area contributed by atoms with Crippen LogP contribution >= 0.6 is 0 Å². The molecule has 18 heavy (non-hydrogen) atoms. The maximum absolute atomic E-state index is 11.7. The molecule has 0 amide bonds. The molecule has 1 aliphatic heterocycles. The van der Waals surface area contributed by atoms with E-state index in [-0.39, 0.29) is 56.5 Å². The van der Waals surface area contributed by atoms with Crippen LogP contribution in [-0.2, 0) is 37.4 Å². The zero-order valence-corrected chi connectivity index (χ0v) is 13.6. The second kappa shape index (κ2) is 6.78. The minimum atomic E-state index is -0.363. The largest absolute Gasteiger partial charge is 0.389 e. The number of nitrogens with zero attached hydrogens (tertiary/aromatic N) is 2. The monoisotopic (exact) mass is 325 g/mol. The van der Waals surface area contributed by atoms with Gasteiger partial charge in [-0.2, -0.15) is 4.98 Å². The van der Waals surface area contributed by atoms with Gasteiger partial charge < -0.3 is 15.0 Å². The summed E-state index contributed by atoms with van der Waals surface area (Å²) in [5.41, 5.74) is 5.09. The topological polar surface area (TPSA) is 70.1 Å². The zero-order chi connectivity index (χ0) is 12.4. The van der Waals surface area contributed by atoms with Crippen LogP contribution in [-0.4, -0.2) is 15.7 Å². The number of rotatable bonds is 3. The van der Waals surface area contributed by atoms with Gasteiger partial charge in [0.1, 0.15) is 5.82 Å². The van der Waals surface area contributed by atoms with Gasteiger partial charge in [0.15, 0.2) is 0 Å². The Bertz CT molecular complexity index is 437. The molecular formula is C12H18N3O2Y-. The van der Waals surface area contributed by atoms with Crippen LogP contribution < -0.4 is 11.4 Å². The van der Waals surface area contributed by atoms with Crippen molar-refractivity contribution in [1.29, 1.82) is 0 Å². The maximum Gasteiger partial charge on any atom is 0.349 e. The molecule has 2 rings (SSSR count). The van der Waals surface area contributed by atoms with Crippen LogP contribution in [0.25, 0.3) is 0 Å². The number of anilines is 1. The fourth-order valence-corrected chi connectivity index (χ4v) is 2.24. The van der Waals surface area contributed by atoms with Gasteiger partial charge in [-0.1, -0.05) is 20.3 Å². The van der Waals surface area contributed by atoms with Crippen LogP contribution in [0.3, 0.4) is 0 Å². The minimum absolute atomic E-state index is 0. The van der Waals surface area contributed by atoms with Gasteiger partial charge in [0, 0.05) is 51.2 Å². The molecule has 0 aromatic carbocycles. The van der Waals surface area contributed by atoms with E-state index in [9.17, 15) is 4.79 Å². The molecule has 1 radical (unpaired) electrons. The molecule has 0 aliphatic carbocycles. The normalized spacial score (nSPS) is 26.9. The van der Waals surface area contributed by atoms with E-state index in [2.05, 4.69) is 25.3 Å². The van der Waals surface area contributed by atoms with Crippen molar-refractivity contribution < 1.29 is 37.4 Å². The molecule has 1 aromatic rings. The second-order valence-electron chi connectivity index (χ2n) is 4.28. The first-order valence-electron chi connectivity index (χ1n) is 6.00. The second-order valence-corrected chi connectivity index (χ2v) is 4.28. The van der Waals surface area contributed by atoms with Crippen LogP contribution in [0.2, 0.25) is 0 Å². The molecule has 0 spiro atoms.